The lowest BCUT2D eigenvalue weighted by atomic mass is 10.1. The highest BCUT2D eigenvalue weighted by atomic mass is 16.5. The molecule has 2 aromatic carbocycles. The van der Waals surface area contributed by atoms with Crippen LogP contribution >= 0.6 is 0 Å². The molecular formula is C21H22N4O3. The molecule has 0 radical (unpaired) electrons. The van der Waals surface area contributed by atoms with Crippen molar-refractivity contribution in [1.29, 1.82) is 0 Å². The molecule has 0 saturated carbocycles. The van der Waals surface area contributed by atoms with Crippen LogP contribution in [0.15, 0.2) is 48.7 Å². The maximum atomic E-state index is 12.5. The molecule has 0 aliphatic rings. The van der Waals surface area contributed by atoms with Gasteiger partial charge in [-0.15, -0.1) is 0 Å². The number of aryl methyl sites for hydroxylation is 2. The second kappa shape index (κ2) is 7.96. The maximum Gasteiger partial charge on any atom is 0.343 e. The number of rotatable bonds is 5. The predicted molar refractivity (Wildman–Crippen MR) is 108 cm³/mol. The second-order valence-electron chi connectivity index (χ2n) is 6.40. The van der Waals surface area contributed by atoms with Gasteiger partial charge in [-0.2, -0.15) is 5.10 Å². The maximum absolute atomic E-state index is 12.5. The van der Waals surface area contributed by atoms with E-state index in [-0.39, 0.29) is 23.9 Å². The van der Waals surface area contributed by atoms with E-state index in [0.717, 1.165) is 16.8 Å². The molecule has 144 valence electrons. The highest BCUT2D eigenvalue weighted by Crippen LogP contribution is 2.20. The first-order valence-corrected chi connectivity index (χ1v) is 8.90. The van der Waals surface area contributed by atoms with Gasteiger partial charge in [0.25, 0.3) is 5.91 Å². The van der Waals surface area contributed by atoms with Gasteiger partial charge in [0.15, 0.2) is 0 Å². The fourth-order valence-corrected chi connectivity index (χ4v) is 2.75. The van der Waals surface area contributed by atoms with Crippen LogP contribution in [0.1, 0.15) is 38.8 Å². The van der Waals surface area contributed by atoms with Crippen molar-refractivity contribution in [2.75, 3.05) is 17.7 Å². The number of anilines is 2. The zero-order valence-corrected chi connectivity index (χ0v) is 16.0. The number of nitrogen functional groups attached to an aromatic ring is 1. The van der Waals surface area contributed by atoms with E-state index < -0.39 is 5.97 Å². The van der Waals surface area contributed by atoms with Gasteiger partial charge in [-0.25, -0.2) is 9.48 Å². The zero-order valence-electron chi connectivity index (χ0n) is 16.0. The number of benzene rings is 2. The van der Waals surface area contributed by atoms with Crippen LogP contribution in [0.25, 0.3) is 5.69 Å². The third kappa shape index (κ3) is 3.88. The van der Waals surface area contributed by atoms with Crippen LogP contribution in [-0.4, -0.2) is 28.3 Å². The van der Waals surface area contributed by atoms with Gasteiger partial charge in [-0.1, -0.05) is 12.1 Å². The molecule has 3 N–H and O–H groups in total. The van der Waals surface area contributed by atoms with E-state index in [0.29, 0.717) is 11.3 Å². The highest BCUT2D eigenvalue weighted by Gasteiger charge is 2.17. The summed E-state index contributed by atoms with van der Waals surface area (Å²) in [6.45, 7) is 5.90. The first-order valence-electron chi connectivity index (χ1n) is 8.90. The third-order valence-corrected chi connectivity index (χ3v) is 4.32. The topological polar surface area (TPSA) is 99.2 Å². The Morgan fingerprint density at radius 2 is 1.86 bits per heavy atom. The SMILES string of the molecule is CCOC(=O)c1cnn(-c2ccc(C(=O)Nc3cc(C)ccc3C)cc2)c1N. The molecule has 7 nitrogen and oxygen atoms in total. The average Bonchev–Trinajstić information content (AvgIpc) is 3.06. The summed E-state index contributed by atoms with van der Waals surface area (Å²) < 4.78 is 6.39. The summed E-state index contributed by atoms with van der Waals surface area (Å²) in [5.74, 6) is -0.539. The molecule has 3 rings (SSSR count). The molecule has 0 bridgehead atoms. The number of carbonyl (C=O) groups is 2. The number of nitrogens with two attached hydrogens (primary N) is 1. The summed E-state index contributed by atoms with van der Waals surface area (Å²) >= 11 is 0. The van der Waals surface area contributed by atoms with Gasteiger partial charge in [0, 0.05) is 11.3 Å². The van der Waals surface area contributed by atoms with Crippen molar-refractivity contribution < 1.29 is 14.3 Å². The molecule has 1 heterocycles. The molecule has 0 aliphatic heterocycles. The van der Waals surface area contributed by atoms with Gasteiger partial charge in [-0.05, 0) is 62.2 Å². The lowest BCUT2D eigenvalue weighted by molar-refractivity contribution is 0.0527. The monoisotopic (exact) mass is 378 g/mol. The van der Waals surface area contributed by atoms with Crippen molar-refractivity contribution in [1.82, 2.24) is 9.78 Å². The first kappa shape index (κ1) is 19.2. The number of nitrogens with one attached hydrogen (secondary N) is 1. The normalized spacial score (nSPS) is 10.5. The van der Waals surface area contributed by atoms with E-state index in [1.54, 1.807) is 31.2 Å². The molecule has 1 aromatic heterocycles. The van der Waals surface area contributed by atoms with Crippen LogP contribution in [0.5, 0.6) is 0 Å². The smallest absolute Gasteiger partial charge is 0.343 e. The van der Waals surface area contributed by atoms with Crippen molar-refractivity contribution in [3.63, 3.8) is 0 Å². The van der Waals surface area contributed by atoms with E-state index in [2.05, 4.69) is 10.4 Å². The molecule has 3 aromatic rings. The summed E-state index contributed by atoms with van der Waals surface area (Å²) in [7, 11) is 0. The van der Waals surface area contributed by atoms with E-state index in [4.69, 9.17) is 10.5 Å². The lowest BCUT2D eigenvalue weighted by Gasteiger charge is -2.10. The van der Waals surface area contributed by atoms with Gasteiger partial charge >= 0.3 is 5.97 Å². The van der Waals surface area contributed by atoms with E-state index in [1.165, 1.54) is 10.9 Å². The van der Waals surface area contributed by atoms with Crippen LogP contribution in [-0.2, 0) is 4.74 Å². The van der Waals surface area contributed by atoms with Crippen molar-refractivity contribution in [3.05, 3.63) is 70.9 Å². The Hall–Kier alpha value is -3.61. The van der Waals surface area contributed by atoms with Crippen molar-refractivity contribution >= 4 is 23.4 Å². The minimum atomic E-state index is -0.518. The lowest BCUT2D eigenvalue weighted by Crippen LogP contribution is -2.13. The number of esters is 1. The Labute approximate surface area is 163 Å². The molecule has 0 unspecified atom stereocenters. The van der Waals surface area contributed by atoms with Crippen molar-refractivity contribution in [3.8, 4) is 5.69 Å². The van der Waals surface area contributed by atoms with Gasteiger partial charge in [0.1, 0.15) is 11.4 Å². The summed E-state index contributed by atoms with van der Waals surface area (Å²) in [4.78, 5) is 24.4. The molecule has 0 fully saturated rings. The Morgan fingerprint density at radius 3 is 2.54 bits per heavy atom. The molecule has 0 aliphatic carbocycles. The van der Waals surface area contributed by atoms with E-state index in [1.807, 2.05) is 32.0 Å². The quantitative estimate of drug-likeness (QED) is 0.662. The van der Waals surface area contributed by atoms with Gasteiger partial charge in [-0.3, -0.25) is 4.79 Å². The second-order valence-corrected chi connectivity index (χ2v) is 6.40. The van der Waals surface area contributed by atoms with Gasteiger partial charge in [0.2, 0.25) is 0 Å². The molecule has 0 atom stereocenters. The van der Waals surface area contributed by atoms with Gasteiger partial charge < -0.3 is 15.8 Å². The predicted octanol–water partition coefficient (Wildman–Crippen LogP) is 3.50. The van der Waals surface area contributed by atoms with Crippen LogP contribution < -0.4 is 11.1 Å². The summed E-state index contributed by atoms with van der Waals surface area (Å²) in [5, 5.41) is 7.07. The van der Waals surface area contributed by atoms with Crippen LogP contribution in [0, 0.1) is 13.8 Å². The fraction of sp³-hybridized carbons (Fsp3) is 0.190. The molecule has 0 saturated heterocycles. The minimum absolute atomic E-state index is 0.186. The molecule has 0 spiro atoms. The number of aromatic nitrogens is 2. The number of nitrogens with zero attached hydrogens (tertiary/aromatic N) is 2. The Morgan fingerprint density at radius 1 is 1.14 bits per heavy atom. The van der Waals surface area contributed by atoms with E-state index in [9.17, 15) is 9.59 Å². The number of amides is 1. The number of carbonyl (C=O) groups excluding carboxylic acids is 2. The molecule has 7 heteroatoms. The van der Waals surface area contributed by atoms with Crippen LogP contribution in [0.3, 0.4) is 0 Å². The van der Waals surface area contributed by atoms with Crippen molar-refractivity contribution in [2.45, 2.75) is 20.8 Å². The largest absolute Gasteiger partial charge is 0.462 e. The summed E-state index contributed by atoms with van der Waals surface area (Å²) in [6.07, 6.45) is 1.37. The number of ether oxygens (including phenoxy) is 1. The first-order chi connectivity index (χ1) is 13.4. The van der Waals surface area contributed by atoms with E-state index >= 15 is 0 Å². The molecule has 28 heavy (non-hydrogen) atoms. The van der Waals surface area contributed by atoms with Gasteiger partial charge in [0.05, 0.1) is 18.5 Å². The Bertz CT molecular complexity index is 1020. The summed E-state index contributed by atoms with van der Waals surface area (Å²) in [5.41, 5.74) is 10.2. The Kier molecular flexibility index (Phi) is 5.44. The number of hydrogen-bond acceptors (Lipinski definition) is 5. The highest BCUT2D eigenvalue weighted by molar-refractivity contribution is 6.04. The standard InChI is InChI=1S/C21H22N4O3/c1-4-28-21(27)17-12-23-25(19(17)22)16-9-7-15(8-10-16)20(26)24-18-11-13(2)5-6-14(18)3/h5-12H,4,22H2,1-3H3,(H,24,26). The zero-order chi connectivity index (χ0) is 20.3. The fourth-order valence-electron chi connectivity index (χ4n) is 2.75. The number of hydrogen-bond donors (Lipinski definition) is 2. The van der Waals surface area contributed by atoms with Crippen LogP contribution in [0.2, 0.25) is 0 Å². The molecular weight excluding hydrogens is 356 g/mol. The molecule has 1 amide bonds. The van der Waals surface area contributed by atoms with Crippen LogP contribution in [0.4, 0.5) is 11.5 Å². The summed E-state index contributed by atoms with van der Waals surface area (Å²) in [6, 6.07) is 12.7. The average molecular weight is 378 g/mol. The Balaban J connectivity index is 1.79. The van der Waals surface area contributed by atoms with Crippen molar-refractivity contribution in [2.24, 2.45) is 0 Å². The minimum Gasteiger partial charge on any atom is -0.462 e. The third-order valence-electron chi connectivity index (χ3n) is 4.32.